The Morgan fingerprint density at radius 1 is 1.00 bits per heavy atom. The zero-order chi connectivity index (χ0) is 13.8. The number of aryl methyl sites for hydroxylation is 1. The highest BCUT2D eigenvalue weighted by Gasteiger charge is 2.07. The van der Waals surface area contributed by atoms with Crippen LogP contribution in [0.1, 0.15) is 11.1 Å². The first-order valence-corrected chi connectivity index (χ1v) is 7.56. The highest BCUT2D eigenvalue weighted by atomic mass is 79.9. The summed E-state index contributed by atoms with van der Waals surface area (Å²) in [6.45, 7) is 2.89. The number of hydrogen-bond acceptors (Lipinski definition) is 2. The first-order chi connectivity index (χ1) is 9.10. The van der Waals surface area contributed by atoms with Gasteiger partial charge in [-0.3, -0.25) is 0 Å². The Kier molecular flexibility index (Phi) is 5.02. The molecule has 2 nitrogen and oxygen atoms in total. The third-order valence-corrected chi connectivity index (χ3v) is 3.92. The molecule has 1 N–H and O–H groups in total. The zero-order valence-electron chi connectivity index (χ0n) is 10.8. The second-order valence-corrected chi connectivity index (χ2v) is 6.04. The predicted octanol–water partition coefficient (Wildman–Crippen LogP) is 5.03. The summed E-state index contributed by atoms with van der Waals surface area (Å²) in [7, 11) is 1.93. The highest BCUT2D eigenvalue weighted by Crippen LogP contribution is 2.34. The van der Waals surface area contributed by atoms with E-state index in [1.807, 2.05) is 31.3 Å². The van der Waals surface area contributed by atoms with Crippen LogP contribution < -0.4 is 10.1 Å². The summed E-state index contributed by atoms with van der Waals surface area (Å²) in [5.74, 6) is 1.62. The number of halogens is 2. The van der Waals surface area contributed by atoms with Crippen molar-refractivity contribution in [1.82, 2.24) is 5.32 Å². The monoisotopic (exact) mass is 383 g/mol. The fraction of sp³-hybridized carbons (Fsp3) is 0.200. The number of rotatable bonds is 4. The maximum Gasteiger partial charge on any atom is 0.141 e. The van der Waals surface area contributed by atoms with Crippen LogP contribution in [0.2, 0.25) is 0 Å². The molecular weight excluding hydrogens is 370 g/mol. The normalized spacial score (nSPS) is 10.5. The van der Waals surface area contributed by atoms with E-state index in [-0.39, 0.29) is 0 Å². The predicted molar refractivity (Wildman–Crippen MR) is 85.9 cm³/mol. The molecule has 0 spiro atoms. The Labute approximate surface area is 130 Å². The lowest BCUT2D eigenvalue weighted by Crippen LogP contribution is -2.04. The molecule has 0 aliphatic rings. The van der Waals surface area contributed by atoms with Gasteiger partial charge in [0.2, 0.25) is 0 Å². The molecule has 0 aliphatic heterocycles. The minimum absolute atomic E-state index is 0.810. The highest BCUT2D eigenvalue weighted by molar-refractivity contribution is 9.11. The van der Waals surface area contributed by atoms with Crippen molar-refractivity contribution in [3.8, 4) is 11.5 Å². The molecule has 2 rings (SSSR count). The minimum Gasteiger partial charge on any atom is -0.455 e. The van der Waals surface area contributed by atoms with Crippen molar-refractivity contribution in [2.24, 2.45) is 0 Å². The smallest absolute Gasteiger partial charge is 0.141 e. The Bertz CT molecular complexity index is 584. The second kappa shape index (κ2) is 6.55. The molecule has 0 bridgehead atoms. The summed E-state index contributed by atoms with van der Waals surface area (Å²) in [4.78, 5) is 0. The summed E-state index contributed by atoms with van der Waals surface area (Å²) in [5, 5.41) is 3.13. The van der Waals surface area contributed by atoms with E-state index in [4.69, 9.17) is 4.74 Å². The number of nitrogens with one attached hydrogen (secondary N) is 1. The number of hydrogen-bond donors (Lipinski definition) is 1. The van der Waals surface area contributed by atoms with Gasteiger partial charge in [0.25, 0.3) is 0 Å². The molecule has 0 atom stereocenters. The van der Waals surface area contributed by atoms with E-state index in [1.165, 1.54) is 11.1 Å². The van der Waals surface area contributed by atoms with Gasteiger partial charge < -0.3 is 10.1 Å². The molecule has 2 aromatic rings. The first kappa shape index (κ1) is 14.6. The summed E-state index contributed by atoms with van der Waals surface area (Å²) in [5.41, 5.74) is 2.41. The zero-order valence-corrected chi connectivity index (χ0v) is 14.0. The van der Waals surface area contributed by atoms with Crippen LogP contribution >= 0.6 is 31.9 Å². The molecule has 0 aliphatic carbocycles. The summed E-state index contributed by atoms with van der Waals surface area (Å²) in [6, 6.07) is 12.1. The minimum atomic E-state index is 0.810. The van der Waals surface area contributed by atoms with Gasteiger partial charge in [0.1, 0.15) is 11.5 Å². The average molecular weight is 385 g/mol. The molecule has 0 fully saturated rings. The standard InChI is InChI=1S/C15H15Br2NO/c1-10-3-5-14(12(16)7-10)19-15-6-4-11(9-18-2)8-13(15)17/h3-8,18H,9H2,1-2H3. The second-order valence-electron chi connectivity index (χ2n) is 4.33. The molecule has 0 heterocycles. The van der Waals surface area contributed by atoms with Gasteiger partial charge in [-0.2, -0.15) is 0 Å². The third kappa shape index (κ3) is 3.81. The summed E-state index contributed by atoms with van der Waals surface area (Å²) < 4.78 is 7.82. The molecular formula is C15H15Br2NO. The van der Waals surface area contributed by atoms with Crippen LogP contribution in [0.15, 0.2) is 45.3 Å². The maximum atomic E-state index is 5.91. The molecule has 19 heavy (non-hydrogen) atoms. The van der Waals surface area contributed by atoms with Gasteiger partial charge in [-0.1, -0.05) is 12.1 Å². The largest absolute Gasteiger partial charge is 0.455 e. The van der Waals surface area contributed by atoms with Crippen LogP contribution in [0, 0.1) is 6.92 Å². The molecule has 0 saturated heterocycles. The third-order valence-electron chi connectivity index (χ3n) is 2.68. The number of benzene rings is 2. The van der Waals surface area contributed by atoms with Gasteiger partial charge in [0.15, 0.2) is 0 Å². The lowest BCUT2D eigenvalue weighted by molar-refractivity contribution is 0.476. The van der Waals surface area contributed by atoms with Crippen molar-refractivity contribution in [3.05, 3.63) is 56.5 Å². The van der Waals surface area contributed by atoms with Crippen molar-refractivity contribution < 1.29 is 4.74 Å². The van der Waals surface area contributed by atoms with Gasteiger partial charge in [0, 0.05) is 6.54 Å². The Balaban J connectivity index is 2.23. The maximum absolute atomic E-state index is 5.91. The summed E-state index contributed by atoms with van der Waals surface area (Å²) in [6.07, 6.45) is 0. The lowest BCUT2D eigenvalue weighted by Gasteiger charge is -2.11. The molecule has 0 aromatic heterocycles. The molecule has 0 unspecified atom stereocenters. The van der Waals surface area contributed by atoms with Gasteiger partial charge >= 0.3 is 0 Å². The molecule has 100 valence electrons. The molecule has 0 amide bonds. The van der Waals surface area contributed by atoms with E-state index in [1.54, 1.807) is 0 Å². The van der Waals surface area contributed by atoms with Gasteiger partial charge in [-0.05, 0) is 81.2 Å². The van der Waals surface area contributed by atoms with Gasteiger partial charge in [0.05, 0.1) is 8.95 Å². The molecule has 0 saturated carbocycles. The van der Waals surface area contributed by atoms with Crippen LogP contribution in [0.3, 0.4) is 0 Å². The van der Waals surface area contributed by atoms with Gasteiger partial charge in [-0.25, -0.2) is 0 Å². The number of ether oxygens (including phenoxy) is 1. The Morgan fingerprint density at radius 2 is 1.63 bits per heavy atom. The van der Waals surface area contributed by atoms with Crippen LogP contribution in [-0.2, 0) is 6.54 Å². The average Bonchev–Trinajstić information content (AvgIpc) is 2.36. The van der Waals surface area contributed by atoms with Crippen molar-refractivity contribution in [2.45, 2.75) is 13.5 Å². The van der Waals surface area contributed by atoms with E-state index in [2.05, 4.69) is 56.2 Å². The molecule has 0 radical (unpaired) electrons. The van der Waals surface area contributed by atoms with Crippen molar-refractivity contribution in [1.29, 1.82) is 0 Å². The van der Waals surface area contributed by atoms with Crippen LogP contribution in [-0.4, -0.2) is 7.05 Å². The lowest BCUT2D eigenvalue weighted by atomic mass is 10.2. The SMILES string of the molecule is CNCc1ccc(Oc2ccc(C)cc2Br)c(Br)c1. The van der Waals surface area contributed by atoms with Crippen molar-refractivity contribution >= 4 is 31.9 Å². The molecule has 2 aromatic carbocycles. The van der Waals surface area contributed by atoms with Gasteiger partial charge in [-0.15, -0.1) is 0 Å². The fourth-order valence-corrected chi connectivity index (χ4v) is 2.83. The van der Waals surface area contributed by atoms with Crippen LogP contribution in [0.4, 0.5) is 0 Å². The topological polar surface area (TPSA) is 21.3 Å². The van der Waals surface area contributed by atoms with E-state index >= 15 is 0 Å². The first-order valence-electron chi connectivity index (χ1n) is 5.97. The fourth-order valence-electron chi connectivity index (χ4n) is 1.75. The van der Waals surface area contributed by atoms with Crippen molar-refractivity contribution in [3.63, 3.8) is 0 Å². The Hall–Kier alpha value is -0.840. The van der Waals surface area contributed by atoms with Crippen LogP contribution in [0.5, 0.6) is 11.5 Å². The molecule has 4 heteroatoms. The van der Waals surface area contributed by atoms with E-state index in [0.717, 1.165) is 27.0 Å². The van der Waals surface area contributed by atoms with E-state index < -0.39 is 0 Å². The quantitative estimate of drug-likeness (QED) is 0.797. The van der Waals surface area contributed by atoms with Crippen molar-refractivity contribution in [2.75, 3.05) is 7.05 Å². The van der Waals surface area contributed by atoms with E-state index in [0.29, 0.717) is 0 Å². The summed E-state index contributed by atoms with van der Waals surface area (Å²) >= 11 is 7.06. The van der Waals surface area contributed by atoms with E-state index in [9.17, 15) is 0 Å². The Morgan fingerprint density at radius 3 is 2.21 bits per heavy atom. The van der Waals surface area contributed by atoms with Crippen LogP contribution in [0.25, 0.3) is 0 Å².